The summed E-state index contributed by atoms with van der Waals surface area (Å²) in [4.78, 5) is 28.6. The molecule has 3 heterocycles. The van der Waals surface area contributed by atoms with Crippen LogP contribution in [0, 0.1) is 5.92 Å². The highest BCUT2D eigenvalue weighted by molar-refractivity contribution is 5.93. The fourth-order valence-corrected chi connectivity index (χ4v) is 4.40. The van der Waals surface area contributed by atoms with Crippen LogP contribution in [0.25, 0.3) is 0 Å². The lowest BCUT2D eigenvalue weighted by atomic mass is 9.89. The number of carbonyl (C=O) groups excluding carboxylic acids is 2. The van der Waals surface area contributed by atoms with Gasteiger partial charge in [0.2, 0.25) is 11.8 Å². The Hall–Kier alpha value is -3.00. The van der Waals surface area contributed by atoms with Crippen LogP contribution in [0.4, 0.5) is 11.5 Å². The number of amides is 2. The minimum absolute atomic E-state index is 0.0455. The summed E-state index contributed by atoms with van der Waals surface area (Å²) in [6.45, 7) is 3.13. The zero-order valence-corrected chi connectivity index (χ0v) is 17.9. The third-order valence-electron chi connectivity index (χ3n) is 6.21. The molecule has 1 aromatic carbocycles. The number of nitrogens with zero attached hydrogens (tertiary/aromatic N) is 4. The molecule has 2 amide bonds. The van der Waals surface area contributed by atoms with E-state index in [0.717, 1.165) is 50.4 Å². The predicted octanol–water partition coefficient (Wildman–Crippen LogP) is 2.29. The largest absolute Gasteiger partial charge is 0.375 e. The number of likely N-dealkylation sites (tertiary alicyclic amines) is 1. The zero-order chi connectivity index (χ0) is 21.6. The average Bonchev–Trinajstić information content (AvgIpc) is 3.31. The Morgan fingerprint density at radius 3 is 2.55 bits per heavy atom. The zero-order valence-electron chi connectivity index (χ0n) is 17.9. The Morgan fingerprint density at radius 2 is 1.87 bits per heavy atom. The summed E-state index contributed by atoms with van der Waals surface area (Å²) < 4.78 is 4.94. The molecule has 1 N–H and O–H groups in total. The monoisotopic (exact) mass is 423 g/mol. The highest BCUT2D eigenvalue weighted by Gasteiger charge is 2.29. The van der Waals surface area contributed by atoms with Crippen LogP contribution in [-0.4, -0.2) is 66.8 Å². The number of carbonyl (C=O) groups is 2. The van der Waals surface area contributed by atoms with E-state index in [2.05, 4.69) is 32.5 Å². The second-order valence-corrected chi connectivity index (χ2v) is 8.21. The van der Waals surface area contributed by atoms with Crippen molar-refractivity contribution < 1.29 is 14.3 Å². The first-order valence-electron chi connectivity index (χ1n) is 10.8. The average molecular weight is 424 g/mol. The lowest BCUT2D eigenvalue weighted by molar-refractivity contribution is -0.136. The minimum atomic E-state index is -0.0596. The lowest BCUT2D eigenvalue weighted by Crippen LogP contribution is -2.39. The summed E-state index contributed by atoms with van der Waals surface area (Å²) in [5.74, 6) is 1.30. The van der Waals surface area contributed by atoms with Gasteiger partial charge in [-0.1, -0.05) is 12.1 Å². The number of methoxy groups -OCH3 is 1. The quantitative estimate of drug-likeness (QED) is 0.767. The predicted molar refractivity (Wildman–Crippen MR) is 118 cm³/mol. The summed E-state index contributed by atoms with van der Waals surface area (Å²) in [7, 11) is 1.55. The molecule has 2 aliphatic heterocycles. The minimum Gasteiger partial charge on any atom is -0.375 e. The van der Waals surface area contributed by atoms with Crippen LogP contribution in [0.15, 0.2) is 42.6 Å². The van der Waals surface area contributed by atoms with Gasteiger partial charge in [-0.3, -0.25) is 9.59 Å². The van der Waals surface area contributed by atoms with Crippen LogP contribution in [0.1, 0.15) is 30.7 Å². The van der Waals surface area contributed by atoms with Crippen LogP contribution < -0.4 is 10.2 Å². The molecule has 0 aliphatic carbocycles. The number of ether oxygens (including phenoxy) is 1. The van der Waals surface area contributed by atoms with E-state index in [9.17, 15) is 9.59 Å². The first-order chi connectivity index (χ1) is 15.1. The summed E-state index contributed by atoms with van der Waals surface area (Å²) in [5, 5.41) is 11.1. The summed E-state index contributed by atoms with van der Waals surface area (Å²) in [6.07, 6.45) is 4.35. The molecule has 8 nitrogen and oxygen atoms in total. The SMILES string of the molecule is COCC(=O)N1CCC(c2ccc(NC(=O)[C@H]3CCN(c4cccnn4)C3)cc2)CC1. The number of nitrogens with one attached hydrogen (secondary N) is 1. The standard InChI is InChI=1S/C23H29N5O3/c1-31-16-22(29)27-12-8-18(9-13-27)17-4-6-20(7-5-17)25-23(30)19-10-14-28(15-19)21-3-2-11-24-26-21/h2-7,11,18-19H,8-10,12-16H2,1H3,(H,25,30)/t19-/m0/s1. The molecule has 0 saturated carbocycles. The highest BCUT2D eigenvalue weighted by atomic mass is 16.5. The van der Waals surface area contributed by atoms with Gasteiger partial charge in [0.25, 0.3) is 0 Å². The van der Waals surface area contributed by atoms with E-state index in [4.69, 9.17) is 4.74 Å². The Kier molecular flexibility index (Phi) is 6.76. The topological polar surface area (TPSA) is 87.7 Å². The van der Waals surface area contributed by atoms with E-state index in [0.29, 0.717) is 12.5 Å². The number of rotatable bonds is 6. The van der Waals surface area contributed by atoms with E-state index in [1.54, 1.807) is 13.3 Å². The molecule has 31 heavy (non-hydrogen) atoms. The van der Waals surface area contributed by atoms with E-state index < -0.39 is 0 Å². The number of hydrogen-bond donors (Lipinski definition) is 1. The van der Waals surface area contributed by atoms with Crippen LogP contribution in [0.3, 0.4) is 0 Å². The van der Waals surface area contributed by atoms with Gasteiger partial charge in [0.05, 0.1) is 5.92 Å². The van der Waals surface area contributed by atoms with Gasteiger partial charge in [0, 0.05) is 45.2 Å². The number of benzene rings is 1. The Morgan fingerprint density at radius 1 is 1.10 bits per heavy atom. The molecular weight excluding hydrogens is 394 g/mol. The Labute approximate surface area is 182 Å². The number of aromatic nitrogens is 2. The van der Waals surface area contributed by atoms with Crippen LogP contribution in [0.2, 0.25) is 0 Å². The second kappa shape index (κ2) is 9.87. The fraction of sp³-hybridized carbons (Fsp3) is 0.478. The summed E-state index contributed by atoms with van der Waals surface area (Å²) >= 11 is 0. The molecule has 2 fully saturated rings. The summed E-state index contributed by atoms with van der Waals surface area (Å²) in [5.41, 5.74) is 2.07. The van der Waals surface area contributed by atoms with E-state index >= 15 is 0 Å². The maximum atomic E-state index is 12.7. The second-order valence-electron chi connectivity index (χ2n) is 8.21. The molecule has 0 unspecified atom stereocenters. The third kappa shape index (κ3) is 5.19. The first-order valence-corrected chi connectivity index (χ1v) is 10.8. The molecule has 4 rings (SSSR count). The Bertz CT molecular complexity index is 882. The van der Waals surface area contributed by atoms with E-state index in [-0.39, 0.29) is 24.3 Å². The van der Waals surface area contributed by atoms with Crippen molar-refractivity contribution in [1.82, 2.24) is 15.1 Å². The maximum absolute atomic E-state index is 12.7. The Balaban J connectivity index is 1.27. The van der Waals surface area contributed by atoms with Gasteiger partial charge < -0.3 is 19.9 Å². The highest BCUT2D eigenvalue weighted by Crippen LogP contribution is 2.29. The molecule has 164 valence electrons. The molecule has 8 heteroatoms. The maximum Gasteiger partial charge on any atom is 0.248 e. The van der Waals surface area contributed by atoms with Gasteiger partial charge in [0.1, 0.15) is 6.61 Å². The van der Waals surface area contributed by atoms with Gasteiger partial charge in [-0.15, -0.1) is 5.10 Å². The molecular formula is C23H29N5O3. The van der Waals surface area contributed by atoms with Gasteiger partial charge in [-0.2, -0.15) is 5.10 Å². The first kappa shape index (κ1) is 21.2. The van der Waals surface area contributed by atoms with Crippen molar-refractivity contribution in [2.45, 2.75) is 25.2 Å². The number of anilines is 2. The van der Waals surface area contributed by atoms with Crippen molar-refractivity contribution in [3.63, 3.8) is 0 Å². The molecule has 1 aromatic heterocycles. The van der Waals surface area contributed by atoms with Crippen molar-refractivity contribution in [3.8, 4) is 0 Å². The summed E-state index contributed by atoms with van der Waals surface area (Å²) in [6, 6.07) is 11.9. The van der Waals surface area contributed by atoms with E-state index in [1.165, 1.54) is 5.56 Å². The van der Waals surface area contributed by atoms with Crippen LogP contribution >= 0.6 is 0 Å². The van der Waals surface area contributed by atoms with Gasteiger partial charge in [0.15, 0.2) is 5.82 Å². The van der Waals surface area contributed by atoms with Crippen molar-refractivity contribution in [2.24, 2.45) is 5.92 Å². The van der Waals surface area contributed by atoms with Crippen molar-refractivity contribution >= 4 is 23.3 Å². The molecule has 0 spiro atoms. The number of hydrogen-bond acceptors (Lipinski definition) is 6. The van der Waals surface area contributed by atoms with Crippen molar-refractivity contribution in [3.05, 3.63) is 48.2 Å². The molecule has 2 aromatic rings. The fourth-order valence-electron chi connectivity index (χ4n) is 4.40. The van der Waals surface area contributed by atoms with E-state index in [1.807, 2.05) is 29.2 Å². The molecule has 2 saturated heterocycles. The number of piperidine rings is 1. The lowest BCUT2D eigenvalue weighted by Gasteiger charge is -2.32. The third-order valence-corrected chi connectivity index (χ3v) is 6.21. The molecule has 0 bridgehead atoms. The van der Waals surface area contributed by atoms with Crippen molar-refractivity contribution in [1.29, 1.82) is 0 Å². The van der Waals surface area contributed by atoms with Gasteiger partial charge in [-0.05, 0) is 55.0 Å². The van der Waals surface area contributed by atoms with Gasteiger partial charge in [-0.25, -0.2) is 0 Å². The van der Waals surface area contributed by atoms with Crippen LogP contribution in [0.5, 0.6) is 0 Å². The molecule has 2 aliphatic rings. The molecule has 0 radical (unpaired) electrons. The smallest absolute Gasteiger partial charge is 0.248 e. The molecule has 1 atom stereocenters. The van der Waals surface area contributed by atoms with Crippen LogP contribution in [-0.2, 0) is 14.3 Å². The van der Waals surface area contributed by atoms with Gasteiger partial charge >= 0.3 is 0 Å². The van der Waals surface area contributed by atoms with Crippen molar-refractivity contribution in [2.75, 3.05) is 50.1 Å². The normalized spacial score (nSPS) is 19.5.